The Balaban J connectivity index is 2.08. The summed E-state index contributed by atoms with van der Waals surface area (Å²) in [6.07, 6.45) is 3.90. The second-order valence-corrected chi connectivity index (χ2v) is 4.17. The molecule has 1 aromatic carbocycles. The van der Waals surface area contributed by atoms with Gasteiger partial charge in [0.05, 0.1) is 25.1 Å². The highest BCUT2D eigenvalue weighted by Crippen LogP contribution is 2.41. The SMILES string of the molecule is CCOc1cc2c(cc1OCC)-c1n[nH][c]c1C2. The normalized spacial score (nSPS) is 12.1. The van der Waals surface area contributed by atoms with E-state index in [1.165, 1.54) is 5.56 Å². The fourth-order valence-electron chi connectivity index (χ4n) is 2.32. The van der Waals surface area contributed by atoms with Gasteiger partial charge in [0, 0.05) is 17.5 Å². The number of hydrogen-bond donors (Lipinski definition) is 1. The van der Waals surface area contributed by atoms with Crippen molar-refractivity contribution in [1.82, 2.24) is 10.2 Å². The second-order valence-electron chi connectivity index (χ2n) is 4.17. The number of nitrogens with zero attached hydrogens (tertiary/aromatic N) is 1. The van der Waals surface area contributed by atoms with Crippen molar-refractivity contribution in [3.63, 3.8) is 0 Å². The zero-order valence-corrected chi connectivity index (χ0v) is 10.5. The lowest BCUT2D eigenvalue weighted by molar-refractivity contribution is 0.287. The summed E-state index contributed by atoms with van der Waals surface area (Å²) < 4.78 is 11.3. The summed E-state index contributed by atoms with van der Waals surface area (Å²) in [4.78, 5) is 0. The molecule has 0 fully saturated rings. The number of H-pyrrole nitrogens is 1. The first kappa shape index (κ1) is 11.1. The Labute approximate surface area is 106 Å². The van der Waals surface area contributed by atoms with Crippen molar-refractivity contribution in [2.45, 2.75) is 20.3 Å². The Morgan fingerprint density at radius 3 is 2.67 bits per heavy atom. The quantitative estimate of drug-likeness (QED) is 0.766. The van der Waals surface area contributed by atoms with Crippen LogP contribution in [0, 0.1) is 6.20 Å². The van der Waals surface area contributed by atoms with Gasteiger partial charge in [-0.2, -0.15) is 5.10 Å². The van der Waals surface area contributed by atoms with Gasteiger partial charge in [-0.1, -0.05) is 0 Å². The highest BCUT2D eigenvalue weighted by molar-refractivity contribution is 5.76. The molecule has 93 valence electrons. The molecule has 4 nitrogen and oxygen atoms in total. The zero-order valence-electron chi connectivity index (χ0n) is 10.5. The molecule has 4 heteroatoms. The largest absolute Gasteiger partial charge is 0.490 e. The number of rotatable bonds is 4. The molecule has 1 aromatic heterocycles. The number of ether oxygens (including phenoxy) is 2. The number of nitrogens with one attached hydrogen (secondary N) is 1. The molecule has 2 aromatic rings. The highest BCUT2D eigenvalue weighted by atomic mass is 16.5. The molecule has 0 atom stereocenters. The molecule has 1 radical (unpaired) electrons. The van der Waals surface area contributed by atoms with Gasteiger partial charge in [-0.15, -0.1) is 0 Å². The summed E-state index contributed by atoms with van der Waals surface area (Å²) in [6, 6.07) is 4.07. The van der Waals surface area contributed by atoms with Crippen LogP contribution < -0.4 is 9.47 Å². The smallest absolute Gasteiger partial charge is 0.161 e. The van der Waals surface area contributed by atoms with Crippen LogP contribution in [0.15, 0.2) is 12.1 Å². The third kappa shape index (κ3) is 1.65. The molecular weight excluding hydrogens is 228 g/mol. The van der Waals surface area contributed by atoms with Crippen LogP contribution in [0.1, 0.15) is 25.0 Å². The Kier molecular flexibility index (Phi) is 2.70. The monoisotopic (exact) mass is 243 g/mol. The van der Waals surface area contributed by atoms with Crippen molar-refractivity contribution >= 4 is 0 Å². The zero-order chi connectivity index (χ0) is 12.5. The highest BCUT2D eigenvalue weighted by Gasteiger charge is 2.24. The fourth-order valence-corrected chi connectivity index (χ4v) is 2.32. The summed E-state index contributed by atoms with van der Waals surface area (Å²) >= 11 is 0. The maximum Gasteiger partial charge on any atom is 0.161 e. The van der Waals surface area contributed by atoms with E-state index in [0.717, 1.165) is 34.7 Å². The Morgan fingerprint density at radius 1 is 1.22 bits per heavy atom. The minimum absolute atomic E-state index is 0.623. The summed E-state index contributed by atoms with van der Waals surface area (Å²) in [5.41, 5.74) is 4.44. The molecule has 0 bridgehead atoms. The molecule has 1 aliphatic carbocycles. The lowest BCUT2D eigenvalue weighted by Crippen LogP contribution is -1.99. The van der Waals surface area contributed by atoms with Crippen LogP contribution in [0.5, 0.6) is 11.5 Å². The number of aromatic amines is 1. The predicted octanol–water partition coefficient (Wildman–Crippen LogP) is 2.58. The summed E-state index contributed by atoms with van der Waals surface area (Å²) in [5, 5.41) is 7.02. The molecule has 0 saturated carbocycles. The maximum absolute atomic E-state index is 5.63. The molecular formula is C14H15N2O2. The molecule has 1 N–H and O–H groups in total. The second kappa shape index (κ2) is 4.37. The Morgan fingerprint density at radius 2 is 1.94 bits per heavy atom. The van der Waals surface area contributed by atoms with Gasteiger partial charge in [-0.3, -0.25) is 5.10 Å². The van der Waals surface area contributed by atoms with E-state index in [1.54, 1.807) is 0 Å². The maximum atomic E-state index is 5.63. The van der Waals surface area contributed by atoms with E-state index in [2.05, 4.69) is 22.5 Å². The van der Waals surface area contributed by atoms with Gasteiger partial charge in [0.2, 0.25) is 0 Å². The van der Waals surface area contributed by atoms with Gasteiger partial charge in [0.25, 0.3) is 0 Å². The van der Waals surface area contributed by atoms with Crippen LogP contribution >= 0.6 is 0 Å². The molecule has 3 rings (SSSR count). The molecule has 0 saturated heterocycles. The minimum atomic E-state index is 0.623. The molecule has 0 aliphatic heterocycles. The first-order valence-corrected chi connectivity index (χ1v) is 6.21. The van der Waals surface area contributed by atoms with Crippen molar-refractivity contribution in [1.29, 1.82) is 0 Å². The van der Waals surface area contributed by atoms with E-state index in [-0.39, 0.29) is 0 Å². The molecule has 1 heterocycles. The van der Waals surface area contributed by atoms with Crippen LogP contribution in [-0.2, 0) is 6.42 Å². The van der Waals surface area contributed by atoms with Crippen molar-refractivity contribution in [3.05, 3.63) is 29.5 Å². The third-order valence-electron chi connectivity index (χ3n) is 3.05. The third-order valence-corrected chi connectivity index (χ3v) is 3.05. The van der Waals surface area contributed by atoms with Crippen LogP contribution in [0.2, 0.25) is 0 Å². The molecule has 18 heavy (non-hydrogen) atoms. The first-order chi connectivity index (χ1) is 8.83. The lowest BCUT2D eigenvalue weighted by atomic mass is 10.1. The van der Waals surface area contributed by atoms with Crippen molar-refractivity contribution in [2.24, 2.45) is 0 Å². The lowest BCUT2D eigenvalue weighted by Gasteiger charge is -2.12. The number of aromatic nitrogens is 2. The van der Waals surface area contributed by atoms with Gasteiger partial charge >= 0.3 is 0 Å². The van der Waals surface area contributed by atoms with Crippen molar-refractivity contribution in [3.8, 4) is 22.8 Å². The van der Waals surface area contributed by atoms with Crippen LogP contribution in [0.25, 0.3) is 11.3 Å². The number of fused-ring (bicyclic) bond motifs is 3. The minimum Gasteiger partial charge on any atom is -0.490 e. The first-order valence-electron chi connectivity index (χ1n) is 6.21. The molecule has 0 unspecified atom stereocenters. The van der Waals surface area contributed by atoms with Crippen LogP contribution in [-0.4, -0.2) is 23.4 Å². The number of hydrogen-bond acceptors (Lipinski definition) is 3. The van der Waals surface area contributed by atoms with Gasteiger partial charge < -0.3 is 9.47 Å². The van der Waals surface area contributed by atoms with Gasteiger partial charge in [-0.05, 0) is 31.5 Å². The summed E-state index contributed by atoms with van der Waals surface area (Å²) in [6.45, 7) is 5.20. The average molecular weight is 243 g/mol. The Bertz CT molecular complexity index is 575. The molecule has 0 spiro atoms. The summed E-state index contributed by atoms with van der Waals surface area (Å²) in [7, 11) is 0. The van der Waals surface area contributed by atoms with Crippen molar-refractivity contribution < 1.29 is 9.47 Å². The van der Waals surface area contributed by atoms with Crippen LogP contribution in [0.3, 0.4) is 0 Å². The average Bonchev–Trinajstić information content (AvgIpc) is 2.91. The van der Waals surface area contributed by atoms with E-state index in [0.29, 0.717) is 13.2 Å². The topological polar surface area (TPSA) is 47.1 Å². The van der Waals surface area contributed by atoms with E-state index in [1.807, 2.05) is 19.9 Å². The van der Waals surface area contributed by atoms with Crippen molar-refractivity contribution in [2.75, 3.05) is 13.2 Å². The standard InChI is InChI=1S/C14H15N2O2/c1-3-17-12-6-9-5-10-8-15-16-14(10)11(9)7-13(12)18-4-2/h6-7H,3-5H2,1-2H3,(H,15,16). The van der Waals surface area contributed by atoms with Gasteiger partial charge in [0.15, 0.2) is 11.5 Å². The molecule has 1 aliphatic rings. The Hall–Kier alpha value is -1.97. The van der Waals surface area contributed by atoms with Gasteiger partial charge in [0.1, 0.15) is 0 Å². The van der Waals surface area contributed by atoms with E-state index in [9.17, 15) is 0 Å². The predicted molar refractivity (Wildman–Crippen MR) is 68.0 cm³/mol. The van der Waals surface area contributed by atoms with Crippen LogP contribution in [0.4, 0.5) is 0 Å². The molecule has 0 amide bonds. The number of benzene rings is 1. The fraction of sp³-hybridized carbons (Fsp3) is 0.357. The van der Waals surface area contributed by atoms with E-state index >= 15 is 0 Å². The van der Waals surface area contributed by atoms with Gasteiger partial charge in [-0.25, -0.2) is 0 Å². The van der Waals surface area contributed by atoms with E-state index < -0.39 is 0 Å². The summed E-state index contributed by atoms with van der Waals surface area (Å²) in [5.74, 6) is 1.60. The van der Waals surface area contributed by atoms with E-state index in [4.69, 9.17) is 9.47 Å².